The molecule has 0 radical (unpaired) electrons. The van der Waals surface area contributed by atoms with Gasteiger partial charge in [0.15, 0.2) is 0 Å². The average Bonchev–Trinajstić information content (AvgIpc) is 3.02. The number of hydrogen-bond acceptors (Lipinski definition) is 2. The summed E-state index contributed by atoms with van der Waals surface area (Å²) in [4.78, 5) is 14.8. The zero-order valence-corrected chi connectivity index (χ0v) is 13.8. The molecular formula is C19H23N3O. The summed E-state index contributed by atoms with van der Waals surface area (Å²) in [5.74, 6) is 0.779. The van der Waals surface area contributed by atoms with Gasteiger partial charge < -0.3 is 4.90 Å². The Labute approximate surface area is 137 Å². The van der Waals surface area contributed by atoms with Crippen LogP contribution in [-0.4, -0.2) is 22.2 Å². The summed E-state index contributed by atoms with van der Waals surface area (Å²) in [6, 6.07) is 8.27. The SMILES string of the molecule is Cc1cc(C)cc(N2CCC(n3ccc(C4CCC4)n3)C2=O)c1. The summed E-state index contributed by atoms with van der Waals surface area (Å²) < 4.78 is 1.89. The van der Waals surface area contributed by atoms with Crippen LogP contribution < -0.4 is 4.90 Å². The smallest absolute Gasteiger partial charge is 0.251 e. The quantitative estimate of drug-likeness (QED) is 0.866. The molecule has 0 N–H and O–H groups in total. The van der Waals surface area contributed by atoms with Crippen molar-refractivity contribution < 1.29 is 4.79 Å². The first-order valence-electron chi connectivity index (χ1n) is 8.56. The molecule has 2 aliphatic rings. The van der Waals surface area contributed by atoms with Crippen molar-refractivity contribution in [1.82, 2.24) is 9.78 Å². The molecule has 1 saturated heterocycles. The number of benzene rings is 1. The third kappa shape index (κ3) is 2.56. The van der Waals surface area contributed by atoms with Gasteiger partial charge in [0, 0.05) is 24.3 Å². The fourth-order valence-corrected chi connectivity index (χ4v) is 3.72. The molecule has 1 amide bonds. The average molecular weight is 309 g/mol. The standard InChI is InChI=1S/C19H23N3O/c1-13-10-14(2)12-16(11-13)21-8-7-18(19(21)23)22-9-6-17(20-22)15-4-3-5-15/h6,9-12,15,18H,3-5,7-8H2,1-2H3. The first-order chi connectivity index (χ1) is 11.1. The van der Waals surface area contributed by atoms with Crippen LogP contribution in [0.1, 0.15) is 54.5 Å². The lowest BCUT2D eigenvalue weighted by molar-refractivity contribution is -0.120. The van der Waals surface area contributed by atoms with Crippen molar-refractivity contribution in [3.63, 3.8) is 0 Å². The van der Waals surface area contributed by atoms with Gasteiger partial charge in [0.1, 0.15) is 6.04 Å². The zero-order chi connectivity index (χ0) is 16.0. The molecular weight excluding hydrogens is 286 g/mol. The van der Waals surface area contributed by atoms with Crippen LogP contribution in [0.25, 0.3) is 0 Å². The molecule has 2 fully saturated rings. The highest BCUT2D eigenvalue weighted by molar-refractivity contribution is 5.98. The predicted molar refractivity (Wildman–Crippen MR) is 90.7 cm³/mol. The molecule has 1 atom stereocenters. The highest BCUT2D eigenvalue weighted by atomic mass is 16.2. The second kappa shape index (κ2) is 5.52. The topological polar surface area (TPSA) is 38.1 Å². The molecule has 120 valence electrons. The molecule has 1 aromatic heterocycles. The molecule has 2 aromatic rings. The molecule has 4 rings (SSSR count). The number of anilines is 1. The van der Waals surface area contributed by atoms with Gasteiger partial charge in [-0.1, -0.05) is 12.5 Å². The Balaban J connectivity index is 1.56. The first kappa shape index (κ1) is 14.5. The number of nitrogens with zero attached hydrogens (tertiary/aromatic N) is 3. The molecule has 1 aromatic carbocycles. The van der Waals surface area contributed by atoms with Gasteiger partial charge in [-0.05, 0) is 62.4 Å². The maximum absolute atomic E-state index is 12.9. The number of rotatable bonds is 3. The fraction of sp³-hybridized carbons (Fsp3) is 0.474. The van der Waals surface area contributed by atoms with Crippen LogP contribution >= 0.6 is 0 Å². The number of hydrogen-bond donors (Lipinski definition) is 0. The van der Waals surface area contributed by atoms with E-state index in [0.717, 1.165) is 24.3 Å². The Morgan fingerprint density at radius 2 is 1.83 bits per heavy atom. The van der Waals surface area contributed by atoms with E-state index in [1.807, 2.05) is 15.8 Å². The number of amides is 1. The van der Waals surface area contributed by atoms with Gasteiger partial charge in [0.05, 0.1) is 5.69 Å². The number of aryl methyl sites for hydroxylation is 2. The summed E-state index contributed by atoms with van der Waals surface area (Å²) >= 11 is 0. The summed E-state index contributed by atoms with van der Waals surface area (Å²) in [5, 5.41) is 4.70. The van der Waals surface area contributed by atoms with E-state index in [1.165, 1.54) is 30.4 Å². The third-order valence-electron chi connectivity index (χ3n) is 5.17. The molecule has 1 aliphatic carbocycles. The minimum Gasteiger partial charge on any atom is -0.310 e. The normalized spacial score (nSPS) is 21.7. The zero-order valence-electron chi connectivity index (χ0n) is 13.8. The van der Waals surface area contributed by atoms with Gasteiger partial charge in [0.2, 0.25) is 0 Å². The lowest BCUT2D eigenvalue weighted by Gasteiger charge is -2.23. The summed E-state index contributed by atoms with van der Waals surface area (Å²) in [5.41, 5.74) is 4.57. The van der Waals surface area contributed by atoms with Crippen molar-refractivity contribution in [2.24, 2.45) is 0 Å². The Morgan fingerprint density at radius 1 is 1.09 bits per heavy atom. The lowest BCUT2D eigenvalue weighted by Crippen LogP contribution is -2.28. The molecule has 4 heteroatoms. The number of carbonyl (C=O) groups is 1. The van der Waals surface area contributed by atoms with Crippen molar-refractivity contribution in [1.29, 1.82) is 0 Å². The van der Waals surface area contributed by atoms with Crippen LogP contribution in [0.15, 0.2) is 30.5 Å². The van der Waals surface area contributed by atoms with Crippen LogP contribution in [0, 0.1) is 13.8 Å². The van der Waals surface area contributed by atoms with Crippen LogP contribution in [-0.2, 0) is 4.79 Å². The largest absolute Gasteiger partial charge is 0.310 e. The second-order valence-electron chi connectivity index (χ2n) is 6.99. The number of carbonyl (C=O) groups excluding carboxylic acids is 1. The van der Waals surface area contributed by atoms with E-state index in [9.17, 15) is 4.79 Å². The van der Waals surface area contributed by atoms with E-state index in [1.54, 1.807) is 0 Å². The molecule has 4 nitrogen and oxygen atoms in total. The maximum atomic E-state index is 12.9. The van der Waals surface area contributed by atoms with Crippen molar-refractivity contribution in [3.05, 3.63) is 47.3 Å². The lowest BCUT2D eigenvalue weighted by atomic mass is 9.83. The Kier molecular flexibility index (Phi) is 3.47. The summed E-state index contributed by atoms with van der Waals surface area (Å²) in [6.07, 6.45) is 6.60. The van der Waals surface area contributed by atoms with Gasteiger partial charge >= 0.3 is 0 Å². The molecule has 1 saturated carbocycles. The van der Waals surface area contributed by atoms with Gasteiger partial charge in [-0.2, -0.15) is 5.10 Å². The summed E-state index contributed by atoms with van der Waals surface area (Å²) in [7, 11) is 0. The van der Waals surface area contributed by atoms with Gasteiger partial charge in [-0.25, -0.2) is 0 Å². The Bertz CT molecular complexity index is 725. The van der Waals surface area contributed by atoms with Gasteiger partial charge in [-0.15, -0.1) is 0 Å². The summed E-state index contributed by atoms with van der Waals surface area (Å²) in [6.45, 7) is 4.92. The Hall–Kier alpha value is -2.10. The molecule has 2 heterocycles. The van der Waals surface area contributed by atoms with Crippen molar-refractivity contribution in [2.45, 2.75) is 51.5 Å². The minimum absolute atomic E-state index is 0.148. The van der Waals surface area contributed by atoms with Crippen molar-refractivity contribution >= 4 is 11.6 Å². The first-order valence-corrected chi connectivity index (χ1v) is 8.56. The van der Waals surface area contributed by atoms with Gasteiger partial charge in [-0.3, -0.25) is 9.48 Å². The molecule has 1 unspecified atom stereocenters. The van der Waals surface area contributed by atoms with E-state index in [-0.39, 0.29) is 11.9 Å². The molecule has 0 bridgehead atoms. The molecule has 0 spiro atoms. The van der Waals surface area contributed by atoms with Crippen LogP contribution in [0.5, 0.6) is 0 Å². The van der Waals surface area contributed by atoms with E-state index < -0.39 is 0 Å². The van der Waals surface area contributed by atoms with E-state index in [2.05, 4.69) is 38.1 Å². The van der Waals surface area contributed by atoms with Crippen LogP contribution in [0.3, 0.4) is 0 Å². The second-order valence-corrected chi connectivity index (χ2v) is 6.99. The maximum Gasteiger partial charge on any atom is 0.251 e. The monoisotopic (exact) mass is 309 g/mol. The van der Waals surface area contributed by atoms with E-state index in [0.29, 0.717) is 5.92 Å². The van der Waals surface area contributed by atoms with E-state index >= 15 is 0 Å². The number of aromatic nitrogens is 2. The van der Waals surface area contributed by atoms with Crippen molar-refractivity contribution in [3.8, 4) is 0 Å². The van der Waals surface area contributed by atoms with Gasteiger partial charge in [0.25, 0.3) is 5.91 Å². The molecule has 23 heavy (non-hydrogen) atoms. The third-order valence-corrected chi connectivity index (χ3v) is 5.17. The van der Waals surface area contributed by atoms with Crippen LogP contribution in [0.2, 0.25) is 0 Å². The highest BCUT2D eigenvalue weighted by Crippen LogP contribution is 2.36. The van der Waals surface area contributed by atoms with Crippen LogP contribution in [0.4, 0.5) is 5.69 Å². The predicted octanol–water partition coefficient (Wildman–Crippen LogP) is 3.75. The van der Waals surface area contributed by atoms with Crippen molar-refractivity contribution in [2.75, 3.05) is 11.4 Å². The van der Waals surface area contributed by atoms with E-state index in [4.69, 9.17) is 5.10 Å². The minimum atomic E-state index is -0.148. The Morgan fingerprint density at radius 3 is 2.48 bits per heavy atom. The highest BCUT2D eigenvalue weighted by Gasteiger charge is 2.35. The fourth-order valence-electron chi connectivity index (χ4n) is 3.72. The molecule has 1 aliphatic heterocycles.